The molecule has 0 aliphatic carbocycles. The fourth-order valence-corrected chi connectivity index (χ4v) is 3.95. The minimum absolute atomic E-state index is 0.272. The third-order valence-electron chi connectivity index (χ3n) is 5.08. The number of ether oxygens (including phenoxy) is 2. The van der Waals surface area contributed by atoms with Crippen LogP contribution in [0.3, 0.4) is 0 Å². The second kappa shape index (κ2) is 10.5. The molecule has 4 rings (SSSR count). The summed E-state index contributed by atoms with van der Waals surface area (Å²) in [5.74, 6) is -0.0661. The maximum absolute atomic E-state index is 13.3. The molecule has 35 heavy (non-hydrogen) atoms. The predicted molar refractivity (Wildman–Crippen MR) is 137 cm³/mol. The zero-order valence-corrected chi connectivity index (χ0v) is 20.6. The first kappa shape index (κ1) is 24.2. The fourth-order valence-electron chi connectivity index (χ4n) is 3.40. The van der Waals surface area contributed by atoms with Gasteiger partial charge in [-0.05, 0) is 59.6 Å². The molecule has 3 aromatic carbocycles. The minimum atomic E-state index is -1.10. The molecule has 0 saturated carbocycles. The summed E-state index contributed by atoms with van der Waals surface area (Å²) in [5.41, 5.74) is 1.63. The van der Waals surface area contributed by atoms with Crippen molar-refractivity contribution in [2.24, 2.45) is 5.10 Å². The van der Waals surface area contributed by atoms with Gasteiger partial charge < -0.3 is 14.6 Å². The van der Waals surface area contributed by atoms with Crippen molar-refractivity contribution in [3.05, 3.63) is 87.1 Å². The van der Waals surface area contributed by atoms with Crippen molar-refractivity contribution in [1.82, 2.24) is 9.66 Å². The van der Waals surface area contributed by atoms with Gasteiger partial charge >= 0.3 is 5.97 Å². The van der Waals surface area contributed by atoms with Crippen molar-refractivity contribution in [2.45, 2.75) is 20.0 Å². The summed E-state index contributed by atoms with van der Waals surface area (Å²) in [5, 5.41) is 14.1. The highest BCUT2D eigenvalue weighted by Crippen LogP contribution is 2.37. The van der Waals surface area contributed by atoms with Crippen LogP contribution in [-0.2, 0) is 4.79 Å². The lowest BCUT2D eigenvalue weighted by molar-refractivity contribution is -0.144. The van der Waals surface area contributed by atoms with E-state index in [-0.39, 0.29) is 11.3 Å². The van der Waals surface area contributed by atoms with Crippen LogP contribution in [0, 0.1) is 0 Å². The Morgan fingerprint density at radius 2 is 1.89 bits per heavy atom. The van der Waals surface area contributed by atoms with E-state index in [0.717, 1.165) is 5.56 Å². The van der Waals surface area contributed by atoms with E-state index in [9.17, 15) is 14.7 Å². The molecule has 0 unspecified atom stereocenters. The largest absolute Gasteiger partial charge is 0.490 e. The summed E-state index contributed by atoms with van der Waals surface area (Å²) in [7, 11) is 0. The molecule has 0 bridgehead atoms. The maximum Gasteiger partial charge on any atom is 0.344 e. The quantitative estimate of drug-likeness (QED) is 0.320. The number of carboxylic acid groups (broad SMARTS) is 1. The van der Waals surface area contributed by atoms with Gasteiger partial charge in [-0.25, -0.2) is 9.78 Å². The van der Waals surface area contributed by atoms with Crippen molar-refractivity contribution in [1.29, 1.82) is 0 Å². The first-order chi connectivity index (χ1) is 16.9. The lowest BCUT2D eigenvalue weighted by atomic mass is 10.2. The van der Waals surface area contributed by atoms with E-state index in [2.05, 4.69) is 26.0 Å². The number of halogens is 1. The molecule has 1 N–H and O–H groups in total. The Bertz CT molecular complexity index is 1470. The maximum atomic E-state index is 13.3. The van der Waals surface area contributed by atoms with Crippen LogP contribution in [0.4, 0.5) is 0 Å². The van der Waals surface area contributed by atoms with Crippen molar-refractivity contribution in [3.8, 4) is 22.9 Å². The summed E-state index contributed by atoms with van der Waals surface area (Å²) in [4.78, 5) is 29.2. The van der Waals surface area contributed by atoms with E-state index in [1.165, 1.54) is 17.8 Å². The van der Waals surface area contributed by atoms with E-state index in [1.54, 1.807) is 30.3 Å². The van der Waals surface area contributed by atoms with E-state index < -0.39 is 12.1 Å². The van der Waals surface area contributed by atoms with Crippen LogP contribution >= 0.6 is 15.9 Å². The molecule has 1 aromatic heterocycles. The zero-order valence-electron chi connectivity index (χ0n) is 19.0. The number of para-hydroxylation sites is 1. The number of hydrogen-bond donors (Lipinski definition) is 1. The lowest BCUT2D eigenvalue weighted by Gasteiger charge is -2.17. The van der Waals surface area contributed by atoms with Crippen LogP contribution in [0.5, 0.6) is 11.5 Å². The second-order valence-corrected chi connectivity index (χ2v) is 8.40. The summed E-state index contributed by atoms with van der Waals surface area (Å²) in [6.45, 7) is 3.59. The van der Waals surface area contributed by atoms with Crippen LogP contribution < -0.4 is 15.0 Å². The van der Waals surface area contributed by atoms with Crippen molar-refractivity contribution >= 4 is 39.0 Å². The molecule has 1 atom stereocenters. The third-order valence-corrected chi connectivity index (χ3v) is 5.67. The first-order valence-corrected chi connectivity index (χ1v) is 11.7. The van der Waals surface area contributed by atoms with Gasteiger partial charge in [-0.1, -0.05) is 42.5 Å². The Kier molecular flexibility index (Phi) is 7.26. The molecule has 0 aliphatic rings. The van der Waals surface area contributed by atoms with E-state index in [1.807, 2.05) is 43.3 Å². The van der Waals surface area contributed by atoms with Gasteiger partial charge in [0.1, 0.15) is 0 Å². The summed E-state index contributed by atoms with van der Waals surface area (Å²) >= 11 is 3.43. The van der Waals surface area contributed by atoms with E-state index in [4.69, 9.17) is 9.47 Å². The molecule has 0 amide bonds. The smallest absolute Gasteiger partial charge is 0.344 e. The van der Waals surface area contributed by atoms with E-state index in [0.29, 0.717) is 39.1 Å². The SMILES string of the molecule is CCOc1cc(C=Nn2c(-c3ccccc3)nc3ccccc3c2=O)cc(Br)c1O[C@@H](C)C(=O)O. The van der Waals surface area contributed by atoms with Crippen LogP contribution in [0.1, 0.15) is 19.4 Å². The standard InChI is InChI=1S/C26H22BrN3O5/c1-3-34-22-14-17(13-20(27)23(22)35-16(2)26(32)33)15-28-30-24(18-9-5-4-6-10-18)29-21-12-8-7-11-19(21)25(30)31/h4-16H,3H2,1-2H3,(H,32,33)/t16-/m0/s1. The molecule has 0 spiro atoms. The van der Waals surface area contributed by atoms with Gasteiger partial charge in [0.05, 0.1) is 28.2 Å². The second-order valence-electron chi connectivity index (χ2n) is 7.54. The molecule has 1 heterocycles. The van der Waals surface area contributed by atoms with Crippen LogP contribution in [0.15, 0.2) is 81.1 Å². The Morgan fingerprint density at radius 3 is 2.60 bits per heavy atom. The molecule has 0 saturated heterocycles. The van der Waals surface area contributed by atoms with Gasteiger partial charge in [0.15, 0.2) is 23.4 Å². The topological polar surface area (TPSA) is 103 Å². The number of benzene rings is 3. The number of fused-ring (bicyclic) bond motifs is 1. The number of aliphatic carboxylic acids is 1. The Balaban J connectivity index is 1.82. The summed E-state index contributed by atoms with van der Waals surface area (Å²) in [6, 6.07) is 19.8. The number of carboxylic acids is 1. The highest BCUT2D eigenvalue weighted by Gasteiger charge is 2.19. The first-order valence-electron chi connectivity index (χ1n) is 10.9. The molecule has 9 heteroatoms. The monoisotopic (exact) mass is 535 g/mol. The molecule has 8 nitrogen and oxygen atoms in total. The minimum Gasteiger partial charge on any atom is -0.490 e. The molecule has 0 fully saturated rings. The average molecular weight is 536 g/mol. The van der Waals surface area contributed by atoms with Gasteiger partial charge in [-0.2, -0.15) is 9.78 Å². The number of hydrogen-bond acceptors (Lipinski definition) is 6. The van der Waals surface area contributed by atoms with E-state index >= 15 is 0 Å². The number of nitrogens with zero attached hydrogens (tertiary/aromatic N) is 3. The molecular formula is C26H22BrN3O5. The zero-order chi connectivity index (χ0) is 24.9. The fraction of sp³-hybridized carbons (Fsp3) is 0.154. The van der Waals surface area contributed by atoms with Crippen LogP contribution in [0.2, 0.25) is 0 Å². The Labute approximate surface area is 209 Å². The number of aromatic nitrogens is 2. The van der Waals surface area contributed by atoms with Gasteiger partial charge in [-0.15, -0.1) is 0 Å². The highest BCUT2D eigenvalue weighted by molar-refractivity contribution is 9.10. The number of carbonyl (C=O) groups is 1. The third kappa shape index (κ3) is 5.25. The summed E-state index contributed by atoms with van der Waals surface area (Å²) in [6.07, 6.45) is 0.447. The van der Waals surface area contributed by atoms with Crippen LogP contribution in [0.25, 0.3) is 22.3 Å². The van der Waals surface area contributed by atoms with Gasteiger partial charge in [0.25, 0.3) is 5.56 Å². The van der Waals surface area contributed by atoms with Gasteiger partial charge in [0, 0.05) is 5.56 Å². The predicted octanol–water partition coefficient (Wildman–Crippen LogP) is 4.96. The molecule has 0 radical (unpaired) electrons. The Morgan fingerprint density at radius 1 is 1.17 bits per heavy atom. The average Bonchev–Trinajstić information content (AvgIpc) is 2.86. The molecule has 178 valence electrons. The Hall–Kier alpha value is -3.98. The van der Waals surface area contributed by atoms with Crippen molar-refractivity contribution in [3.63, 3.8) is 0 Å². The summed E-state index contributed by atoms with van der Waals surface area (Å²) < 4.78 is 13.0. The normalized spacial score (nSPS) is 12.1. The molecule has 0 aliphatic heterocycles. The molecular weight excluding hydrogens is 514 g/mol. The molecule has 4 aromatic rings. The van der Waals surface area contributed by atoms with Crippen LogP contribution in [-0.4, -0.2) is 39.7 Å². The van der Waals surface area contributed by atoms with Gasteiger partial charge in [-0.3, -0.25) is 4.79 Å². The van der Waals surface area contributed by atoms with Crippen molar-refractivity contribution < 1.29 is 19.4 Å². The lowest BCUT2D eigenvalue weighted by Crippen LogP contribution is -2.23. The number of rotatable bonds is 8. The van der Waals surface area contributed by atoms with Crippen molar-refractivity contribution in [2.75, 3.05) is 6.61 Å². The van der Waals surface area contributed by atoms with Gasteiger partial charge in [0.2, 0.25) is 0 Å². The highest BCUT2D eigenvalue weighted by atomic mass is 79.9.